The standard InChI is InChI=1S/C24H26N8O2.C2H6/c1-13-6-7-17-16(11-29-32-17)21(13)15-10-19(31-23(22(15)26)24(27)33)18-4-3-5-20(30-18)34-12-14(25)8-9-28-2;1-2/h3-11,14,28H,12,25-26H2,1-2H3,(H2,27,33)(H,29,32);1-2H3/b9-8-;. The van der Waals surface area contributed by atoms with Gasteiger partial charge in [-0.3, -0.25) is 9.89 Å². The van der Waals surface area contributed by atoms with Crippen molar-refractivity contribution >= 4 is 22.5 Å². The number of aryl methyl sites for hydroxylation is 1. The number of pyridine rings is 2. The van der Waals surface area contributed by atoms with E-state index >= 15 is 0 Å². The first-order valence-electron chi connectivity index (χ1n) is 11.6. The number of rotatable bonds is 8. The van der Waals surface area contributed by atoms with Crippen LogP contribution < -0.4 is 27.3 Å². The minimum absolute atomic E-state index is 0.0280. The summed E-state index contributed by atoms with van der Waals surface area (Å²) in [6.45, 7) is 6.20. The first kappa shape index (κ1) is 26.2. The van der Waals surface area contributed by atoms with E-state index in [0.29, 0.717) is 22.8 Å². The van der Waals surface area contributed by atoms with Crippen LogP contribution >= 0.6 is 0 Å². The number of benzene rings is 1. The number of hydrogen-bond donors (Lipinski definition) is 5. The highest BCUT2D eigenvalue weighted by atomic mass is 16.5. The largest absolute Gasteiger partial charge is 0.476 e. The average Bonchev–Trinajstić information content (AvgIpc) is 3.36. The minimum atomic E-state index is -0.729. The highest BCUT2D eigenvalue weighted by Crippen LogP contribution is 2.37. The Labute approximate surface area is 210 Å². The number of amides is 1. The zero-order valence-corrected chi connectivity index (χ0v) is 20.9. The van der Waals surface area contributed by atoms with Crippen molar-refractivity contribution in [2.24, 2.45) is 11.5 Å². The zero-order chi connectivity index (χ0) is 26.2. The number of H-pyrrole nitrogens is 1. The van der Waals surface area contributed by atoms with Gasteiger partial charge in [-0.25, -0.2) is 9.97 Å². The number of nitrogens with one attached hydrogen (secondary N) is 2. The SMILES string of the molecule is CC.CN/C=C\C(N)COc1cccc(-c2cc(-c3c(C)ccc4[nH]ncc34)c(N)c(C(N)=O)n2)n1. The fourth-order valence-corrected chi connectivity index (χ4v) is 3.66. The number of nitrogen functional groups attached to an aromatic ring is 1. The summed E-state index contributed by atoms with van der Waals surface area (Å²) in [5.74, 6) is -0.355. The number of primary amides is 1. The zero-order valence-electron chi connectivity index (χ0n) is 20.9. The van der Waals surface area contributed by atoms with E-state index in [4.69, 9.17) is 21.9 Å². The summed E-state index contributed by atoms with van der Waals surface area (Å²) in [4.78, 5) is 21.2. The predicted octanol–water partition coefficient (Wildman–Crippen LogP) is 3.14. The van der Waals surface area contributed by atoms with E-state index in [1.165, 1.54) is 0 Å². The number of fused-ring (bicyclic) bond motifs is 1. The van der Waals surface area contributed by atoms with Gasteiger partial charge in [-0.15, -0.1) is 0 Å². The molecule has 3 heterocycles. The number of carbonyl (C=O) groups excluding carboxylic acids is 1. The van der Waals surface area contributed by atoms with Crippen molar-refractivity contribution in [1.29, 1.82) is 0 Å². The van der Waals surface area contributed by atoms with Crippen molar-refractivity contribution in [3.63, 3.8) is 0 Å². The number of hydrogen-bond acceptors (Lipinski definition) is 8. The van der Waals surface area contributed by atoms with Crippen molar-refractivity contribution < 1.29 is 9.53 Å². The topological polar surface area (TPSA) is 171 Å². The molecule has 3 aromatic heterocycles. The summed E-state index contributed by atoms with van der Waals surface area (Å²) < 4.78 is 5.74. The normalized spacial score (nSPS) is 11.7. The van der Waals surface area contributed by atoms with Gasteiger partial charge >= 0.3 is 0 Å². The van der Waals surface area contributed by atoms with Crippen LogP contribution in [0.25, 0.3) is 33.4 Å². The van der Waals surface area contributed by atoms with Crippen molar-refractivity contribution in [2.45, 2.75) is 26.8 Å². The Hall–Kier alpha value is -4.44. The van der Waals surface area contributed by atoms with E-state index < -0.39 is 5.91 Å². The van der Waals surface area contributed by atoms with Crippen LogP contribution in [0.2, 0.25) is 0 Å². The van der Waals surface area contributed by atoms with Gasteiger partial charge < -0.3 is 27.3 Å². The molecule has 1 atom stereocenters. The number of anilines is 1. The second kappa shape index (κ2) is 11.8. The quantitative estimate of drug-likeness (QED) is 0.252. The summed E-state index contributed by atoms with van der Waals surface area (Å²) in [7, 11) is 1.79. The Morgan fingerprint density at radius 2 is 1.97 bits per heavy atom. The summed E-state index contributed by atoms with van der Waals surface area (Å²) in [5, 5.41) is 10.9. The molecule has 188 valence electrons. The second-order valence-corrected chi connectivity index (χ2v) is 7.75. The lowest BCUT2D eigenvalue weighted by molar-refractivity contribution is 0.0996. The molecule has 0 aliphatic carbocycles. The van der Waals surface area contributed by atoms with Crippen molar-refractivity contribution in [1.82, 2.24) is 25.5 Å². The van der Waals surface area contributed by atoms with Gasteiger partial charge in [-0.2, -0.15) is 5.10 Å². The second-order valence-electron chi connectivity index (χ2n) is 7.75. The molecule has 1 aromatic carbocycles. The van der Waals surface area contributed by atoms with Crippen LogP contribution in [0.3, 0.4) is 0 Å². The van der Waals surface area contributed by atoms with E-state index in [9.17, 15) is 4.79 Å². The monoisotopic (exact) mass is 488 g/mol. The summed E-state index contributed by atoms with van der Waals surface area (Å²) >= 11 is 0. The highest BCUT2D eigenvalue weighted by Gasteiger charge is 2.20. The predicted molar refractivity (Wildman–Crippen MR) is 143 cm³/mol. The molecule has 36 heavy (non-hydrogen) atoms. The number of ether oxygens (including phenoxy) is 1. The van der Waals surface area contributed by atoms with E-state index in [0.717, 1.165) is 22.0 Å². The first-order valence-corrected chi connectivity index (χ1v) is 11.6. The van der Waals surface area contributed by atoms with Crippen LogP contribution in [0, 0.1) is 6.92 Å². The molecule has 4 aromatic rings. The number of aromatic nitrogens is 4. The molecule has 10 nitrogen and oxygen atoms in total. The molecule has 1 unspecified atom stereocenters. The molecule has 0 fully saturated rings. The molecular weight excluding hydrogens is 456 g/mol. The Morgan fingerprint density at radius 3 is 2.69 bits per heavy atom. The number of nitrogens with two attached hydrogens (primary N) is 3. The molecular formula is C26H32N8O2. The number of nitrogens with zero attached hydrogens (tertiary/aromatic N) is 3. The van der Waals surface area contributed by atoms with Gasteiger partial charge in [0.25, 0.3) is 5.91 Å². The van der Waals surface area contributed by atoms with Crippen LogP contribution in [-0.4, -0.2) is 45.8 Å². The Morgan fingerprint density at radius 1 is 1.19 bits per heavy atom. The van der Waals surface area contributed by atoms with Gasteiger partial charge in [0.1, 0.15) is 6.61 Å². The van der Waals surface area contributed by atoms with Crippen LogP contribution in [0.15, 0.2) is 54.9 Å². The maximum Gasteiger partial charge on any atom is 0.269 e. The molecule has 0 aliphatic rings. The average molecular weight is 489 g/mol. The summed E-state index contributed by atoms with van der Waals surface area (Å²) in [6.07, 6.45) is 5.25. The number of aromatic amines is 1. The van der Waals surface area contributed by atoms with Gasteiger partial charge in [0.15, 0.2) is 5.69 Å². The number of carbonyl (C=O) groups is 1. The van der Waals surface area contributed by atoms with Crippen molar-refractivity contribution in [3.05, 3.63) is 66.1 Å². The Balaban J connectivity index is 0.00000176. The van der Waals surface area contributed by atoms with E-state index in [1.54, 1.807) is 49.8 Å². The minimum Gasteiger partial charge on any atom is -0.476 e. The third kappa shape index (κ3) is 5.61. The summed E-state index contributed by atoms with van der Waals surface area (Å²) in [5.41, 5.74) is 22.4. The third-order valence-corrected chi connectivity index (χ3v) is 5.31. The molecule has 0 aliphatic heterocycles. The van der Waals surface area contributed by atoms with Gasteiger partial charge in [-0.05, 0) is 48.5 Å². The lowest BCUT2D eigenvalue weighted by Crippen LogP contribution is -2.26. The lowest BCUT2D eigenvalue weighted by Gasteiger charge is -2.15. The molecule has 0 spiro atoms. The maximum absolute atomic E-state index is 12.2. The van der Waals surface area contributed by atoms with E-state index in [1.807, 2.05) is 32.9 Å². The molecule has 1 amide bonds. The molecule has 10 heteroatoms. The van der Waals surface area contributed by atoms with E-state index in [-0.39, 0.29) is 24.0 Å². The molecule has 0 saturated carbocycles. The van der Waals surface area contributed by atoms with Gasteiger partial charge in [-0.1, -0.05) is 26.0 Å². The molecule has 0 saturated heterocycles. The van der Waals surface area contributed by atoms with Gasteiger partial charge in [0.05, 0.1) is 34.8 Å². The van der Waals surface area contributed by atoms with Crippen LogP contribution in [-0.2, 0) is 0 Å². The fraction of sp³-hybridized carbons (Fsp3) is 0.231. The fourth-order valence-electron chi connectivity index (χ4n) is 3.66. The third-order valence-electron chi connectivity index (χ3n) is 5.31. The maximum atomic E-state index is 12.2. The van der Waals surface area contributed by atoms with Crippen LogP contribution in [0.1, 0.15) is 29.9 Å². The van der Waals surface area contributed by atoms with Gasteiger partial charge in [0.2, 0.25) is 5.88 Å². The van der Waals surface area contributed by atoms with Crippen LogP contribution in [0.4, 0.5) is 5.69 Å². The Bertz CT molecular complexity index is 1380. The highest BCUT2D eigenvalue weighted by molar-refractivity contribution is 6.05. The first-order chi connectivity index (χ1) is 17.4. The van der Waals surface area contributed by atoms with Gasteiger partial charge in [0, 0.05) is 24.1 Å². The van der Waals surface area contributed by atoms with E-state index in [2.05, 4.69) is 25.5 Å². The lowest BCUT2D eigenvalue weighted by atomic mass is 9.94. The molecule has 0 bridgehead atoms. The Kier molecular flexibility index (Phi) is 8.58. The molecule has 8 N–H and O–H groups in total. The molecule has 0 radical (unpaired) electrons. The van der Waals surface area contributed by atoms with Crippen molar-refractivity contribution in [3.8, 4) is 28.4 Å². The van der Waals surface area contributed by atoms with Crippen molar-refractivity contribution in [2.75, 3.05) is 19.4 Å². The smallest absolute Gasteiger partial charge is 0.269 e. The van der Waals surface area contributed by atoms with Crippen LogP contribution in [0.5, 0.6) is 5.88 Å². The summed E-state index contributed by atoms with van der Waals surface area (Å²) in [6, 6.07) is 10.7. The molecule has 4 rings (SSSR count).